The number of aromatic amines is 1. The molecule has 0 aliphatic heterocycles. The molecule has 1 nitrogen and oxygen atoms in total. The zero-order valence-corrected chi connectivity index (χ0v) is 11.7. The highest BCUT2D eigenvalue weighted by molar-refractivity contribution is 8.65. The molecule has 6 heteroatoms. The number of hydrogen-bond donors (Lipinski definition) is 1. The molecule has 0 spiro atoms. The lowest BCUT2D eigenvalue weighted by molar-refractivity contribution is 0.603. The molecule has 0 fully saturated rings. The topological polar surface area (TPSA) is 15.8 Å². The average Bonchev–Trinajstić information content (AvgIpc) is 2.79. The number of nitrogens with one attached hydrogen (secondary N) is 1. The van der Waals surface area contributed by atoms with Crippen molar-refractivity contribution in [3.8, 4) is 11.3 Å². The second kappa shape index (κ2) is 5.11. The Hall–Kier alpha value is -0.350. The molecule has 0 saturated carbocycles. The molecule has 2 rings (SSSR count). The summed E-state index contributed by atoms with van der Waals surface area (Å²) in [6.45, 7) is 0. The Bertz CT molecular complexity index is 527. The first-order valence-electron chi connectivity index (χ1n) is 4.74. The first kappa shape index (κ1) is 13.1. The van der Waals surface area contributed by atoms with Crippen LogP contribution >= 0.6 is 41.4 Å². The van der Waals surface area contributed by atoms with Gasteiger partial charge in [0.25, 0.3) is 0 Å². The number of aromatic nitrogens is 1. The Morgan fingerprint density at radius 3 is 2.59 bits per heavy atom. The minimum atomic E-state index is -2.41. The zero-order chi connectivity index (χ0) is 12.5. The number of halogens is 4. The van der Waals surface area contributed by atoms with Crippen LogP contribution in [0.25, 0.3) is 11.3 Å². The van der Waals surface area contributed by atoms with Crippen LogP contribution in [0.4, 0.5) is 4.39 Å². The maximum atomic E-state index is 12.7. The van der Waals surface area contributed by atoms with Gasteiger partial charge in [-0.05, 0) is 59.6 Å². The van der Waals surface area contributed by atoms with Crippen LogP contribution in [0.2, 0.25) is 5.02 Å². The fourth-order valence-corrected chi connectivity index (χ4v) is 2.81. The van der Waals surface area contributed by atoms with E-state index in [0.29, 0.717) is 10.0 Å². The second-order valence-electron chi connectivity index (χ2n) is 3.43. The van der Waals surface area contributed by atoms with E-state index in [4.69, 9.17) is 33.0 Å². The normalized spacial score (nSPS) is 12.7. The third-order valence-corrected chi connectivity index (χ3v) is 5.14. The summed E-state index contributed by atoms with van der Waals surface area (Å²) in [5.74, 6) is 0. The summed E-state index contributed by atoms with van der Waals surface area (Å²) in [5, 5.41) is 1.15. The van der Waals surface area contributed by atoms with Gasteiger partial charge in [0.2, 0.25) is 0 Å². The highest BCUT2D eigenvalue weighted by Crippen LogP contribution is 2.64. The van der Waals surface area contributed by atoms with Gasteiger partial charge < -0.3 is 4.98 Å². The Kier molecular flexibility index (Phi) is 3.93. The fraction of sp³-hybridized carbons (Fsp3) is 0.0909. The molecule has 92 valence electrons. The molecule has 1 aromatic carbocycles. The van der Waals surface area contributed by atoms with Crippen molar-refractivity contribution in [2.45, 2.75) is 5.03 Å². The summed E-state index contributed by atoms with van der Waals surface area (Å²) in [6, 6.07) is 10.1. The van der Waals surface area contributed by atoms with Crippen molar-refractivity contribution >= 4 is 41.4 Å². The van der Waals surface area contributed by atoms with Crippen molar-refractivity contribution in [1.29, 1.82) is 0 Å². The molecule has 0 bridgehead atoms. The van der Waals surface area contributed by atoms with Gasteiger partial charge in [-0.2, -0.15) is 0 Å². The molecule has 0 saturated heterocycles. The van der Waals surface area contributed by atoms with Crippen LogP contribution in [0, 0.1) is 0 Å². The van der Waals surface area contributed by atoms with E-state index in [0.717, 1.165) is 11.3 Å². The van der Waals surface area contributed by atoms with Crippen molar-refractivity contribution in [2.24, 2.45) is 0 Å². The quantitative estimate of drug-likeness (QED) is 0.744. The molecule has 0 radical (unpaired) electrons. The molecule has 17 heavy (non-hydrogen) atoms. The predicted molar refractivity (Wildman–Crippen MR) is 74.8 cm³/mol. The van der Waals surface area contributed by atoms with Gasteiger partial charge in [0.05, 0.1) is 5.03 Å². The summed E-state index contributed by atoms with van der Waals surface area (Å²) in [6.07, 6.45) is 0. The lowest BCUT2D eigenvalue weighted by Gasteiger charge is -2.18. The molecule has 2 aromatic rings. The van der Waals surface area contributed by atoms with E-state index in [1.807, 2.05) is 24.3 Å². The van der Waals surface area contributed by atoms with Gasteiger partial charge in [0.15, 0.2) is 0 Å². The number of hydrogen-bond acceptors (Lipinski definition) is 0. The van der Waals surface area contributed by atoms with Gasteiger partial charge in [0.1, 0.15) is 6.01 Å². The maximum Gasteiger partial charge on any atom is 0.149 e. The molecule has 0 atom stereocenters. The molecular formula is C11H9Cl3FNS. The molecule has 1 heterocycles. The lowest BCUT2D eigenvalue weighted by atomic mass is 10.2. The van der Waals surface area contributed by atoms with Crippen molar-refractivity contribution in [3.05, 3.63) is 41.4 Å². The average molecular weight is 313 g/mol. The summed E-state index contributed by atoms with van der Waals surface area (Å²) in [4.78, 5) is 3.02. The Morgan fingerprint density at radius 2 is 1.94 bits per heavy atom. The van der Waals surface area contributed by atoms with Gasteiger partial charge in [-0.25, -0.2) is 4.39 Å². The first-order chi connectivity index (χ1) is 8.03. The van der Waals surface area contributed by atoms with Crippen molar-refractivity contribution in [1.82, 2.24) is 4.98 Å². The SMILES string of the molecule is FCS(Cl)(Cl)c1ccc(-c2cccc(Cl)c2)[nH]1. The summed E-state index contributed by atoms with van der Waals surface area (Å²) >= 11 is 5.90. The molecule has 1 aromatic heterocycles. The van der Waals surface area contributed by atoms with Crippen LogP contribution in [0.3, 0.4) is 0 Å². The standard InChI is InChI=1S/C11H9Cl3FNS/c12-9-3-1-2-8(6-9)10-4-5-11(16-10)17(13,14)7-15/h1-6,16H,7H2. The number of rotatable bonds is 3. The van der Waals surface area contributed by atoms with Crippen molar-refractivity contribution in [2.75, 3.05) is 6.01 Å². The Morgan fingerprint density at radius 1 is 1.18 bits per heavy atom. The van der Waals surface area contributed by atoms with Crippen LogP contribution in [0.15, 0.2) is 41.4 Å². The molecule has 0 amide bonds. The van der Waals surface area contributed by atoms with E-state index < -0.39 is 14.5 Å². The van der Waals surface area contributed by atoms with Gasteiger partial charge in [-0.15, -0.1) is 0 Å². The first-order valence-corrected chi connectivity index (χ1v) is 8.57. The predicted octanol–water partition coefficient (Wildman–Crippen LogP) is 5.73. The van der Waals surface area contributed by atoms with E-state index in [9.17, 15) is 4.39 Å². The highest BCUT2D eigenvalue weighted by Gasteiger charge is 2.22. The number of H-pyrrole nitrogens is 1. The largest absolute Gasteiger partial charge is 0.349 e. The lowest BCUT2D eigenvalue weighted by Crippen LogP contribution is -1.87. The van der Waals surface area contributed by atoms with E-state index in [1.54, 1.807) is 12.1 Å². The van der Waals surface area contributed by atoms with Crippen molar-refractivity contribution in [3.63, 3.8) is 0 Å². The van der Waals surface area contributed by atoms with Crippen LogP contribution in [0.5, 0.6) is 0 Å². The molecule has 0 unspecified atom stereocenters. The number of alkyl halides is 1. The van der Waals surface area contributed by atoms with Gasteiger partial charge in [0, 0.05) is 10.7 Å². The Balaban J connectivity index is 2.36. The smallest absolute Gasteiger partial charge is 0.149 e. The molecule has 1 N–H and O–H groups in total. The third-order valence-electron chi connectivity index (χ3n) is 2.25. The van der Waals surface area contributed by atoms with Crippen LogP contribution in [0.1, 0.15) is 0 Å². The third kappa shape index (κ3) is 2.91. The van der Waals surface area contributed by atoms with Crippen LogP contribution in [-0.4, -0.2) is 11.0 Å². The zero-order valence-electron chi connectivity index (χ0n) is 8.59. The highest BCUT2D eigenvalue weighted by atomic mass is 36.0. The van der Waals surface area contributed by atoms with Gasteiger partial charge in [-0.1, -0.05) is 23.7 Å². The molecule has 0 aliphatic rings. The van der Waals surface area contributed by atoms with Gasteiger partial charge in [-0.3, -0.25) is 0 Å². The van der Waals surface area contributed by atoms with E-state index in [2.05, 4.69) is 4.98 Å². The van der Waals surface area contributed by atoms with E-state index >= 15 is 0 Å². The van der Waals surface area contributed by atoms with E-state index in [1.165, 1.54) is 0 Å². The van der Waals surface area contributed by atoms with Crippen molar-refractivity contribution < 1.29 is 4.39 Å². The minimum absolute atomic E-state index is 0.512. The summed E-state index contributed by atoms with van der Waals surface area (Å²) in [5.41, 5.74) is 1.72. The fourth-order valence-electron chi connectivity index (χ4n) is 1.43. The van der Waals surface area contributed by atoms with Gasteiger partial charge >= 0.3 is 0 Å². The Labute approximate surface area is 114 Å². The maximum absolute atomic E-state index is 12.7. The van der Waals surface area contributed by atoms with Crippen LogP contribution in [-0.2, 0) is 0 Å². The second-order valence-corrected chi connectivity index (χ2v) is 9.31. The summed E-state index contributed by atoms with van der Waals surface area (Å²) in [7, 11) is 9.38. The molecule has 0 aliphatic carbocycles. The molecular weight excluding hydrogens is 304 g/mol. The summed E-state index contributed by atoms with van der Waals surface area (Å²) < 4.78 is 12.7. The minimum Gasteiger partial charge on any atom is -0.349 e. The number of benzene rings is 1. The van der Waals surface area contributed by atoms with E-state index in [-0.39, 0.29) is 0 Å². The monoisotopic (exact) mass is 311 g/mol. The van der Waals surface area contributed by atoms with Crippen LogP contribution < -0.4 is 0 Å².